The average molecular weight is 485 g/mol. The molecule has 6 N–H and O–H groups in total. The summed E-state index contributed by atoms with van der Waals surface area (Å²) in [4.78, 5) is 48.8. The van der Waals surface area contributed by atoms with Gasteiger partial charge in [-0.25, -0.2) is 4.79 Å². The molecule has 0 unspecified atom stereocenters. The van der Waals surface area contributed by atoms with Gasteiger partial charge in [0.2, 0.25) is 11.8 Å². The van der Waals surface area contributed by atoms with E-state index in [0.717, 1.165) is 0 Å². The Morgan fingerprint density at radius 2 is 1.82 bits per heavy atom. The van der Waals surface area contributed by atoms with Crippen LogP contribution in [0.5, 0.6) is 5.75 Å². The zero-order chi connectivity index (χ0) is 25.1. The molecule has 184 valence electrons. The van der Waals surface area contributed by atoms with Crippen molar-refractivity contribution in [2.75, 3.05) is 13.2 Å². The van der Waals surface area contributed by atoms with Crippen LogP contribution in [0.25, 0.3) is 0 Å². The smallest absolute Gasteiger partial charge is 0.326 e. The topological polar surface area (TPSA) is 160 Å². The number of carboxylic acid groups (broad SMARTS) is 1. The minimum atomic E-state index is -1.38. The van der Waals surface area contributed by atoms with Gasteiger partial charge in [0.25, 0.3) is 5.91 Å². The van der Waals surface area contributed by atoms with E-state index in [2.05, 4.69) is 16.0 Å². The molecule has 0 heterocycles. The van der Waals surface area contributed by atoms with Gasteiger partial charge < -0.3 is 31.5 Å². The molecule has 0 spiro atoms. The van der Waals surface area contributed by atoms with Crippen molar-refractivity contribution in [3.05, 3.63) is 28.8 Å². The number of aliphatic carboxylic acids is 1. The molecule has 0 aliphatic rings. The highest BCUT2D eigenvalue weighted by Crippen LogP contribution is 2.23. The fourth-order valence-corrected chi connectivity index (χ4v) is 3.07. The van der Waals surface area contributed by atoms with Crippen molar-refractivity contribution in [2.45, 2.75) is 58.7 Å². The summed E-state index contributed by atoms with van der Waals surface area (Å²) in [6, 6.07) is 2.16. The fourth-order valence-electron chi connectivity index (χ4n) is 2.90. The molecular weight excluding hydrogens is 452 g/mol. The standard InChI is InChI=1S/C22H33ClN4O6/c1-5-13(4)19(22(31)32)27-21(30)16(11-18(24)28)26-20(29)15-10-14(23)6-7-17(15)33-9-8-25-12(2)3/h6-7,10,12-13,16,19,25H,5,8-9,11H2,1-4H3,(H2,24,28)(H,26,29)(H,27,30)(H,31,32)/t13-,16-,19-/m0/s1. The molecule has 0 saturated carbocycles. The number of amides is 3. The molecule has 3 amide bonds. The lowest BCUT2D eigenvalue weighted by Crippen LogP contribution is -2.54. The van der Waals surface area contributed by atoms with Crippen molar-refractivity contribution < 1.29 is 29.0 Å². The second-order valence-corrected chi connectivity index (χ2v) is 8.44. The van der Waals surface area contributed by atoms with Crippen LogP contribution in [0, 0.1) is 5.92 Å². The van der Waals surface area contributed by atoms with Gasteiger partial charge >= 0.3 is 5.97 Å². The number of halogens is 1. The summed E-state index contributed by atoms with van der Waals surface area (Å²) in [6.45, 7) is 8.25. The lowest BCUT2D eigenvalue weighted by molar-refractivity contribution is -0.143. The number of carboxylic acids is 1. The van der Waals surface area contributed by atoms with Gasteiger partial charge in [0, 0.05) is 17.6 Å². The Balaban J connectivity index is 3.04. The van der Waals surface area contributed by atoms with Gasteiger partial charge in [-0.2, -0.15) is 0 Å². The van der Waals surface area contributed by atoms with Gasteiger partial charge in [0.1, 0.15) is 24.4 Å². The van der Waals surface area contributed by atoms with Gasteiger partial charge in [0.05, 0.1) is 12.0 Å². The lowest BCUT2D eigenvalue weighted by Gasteiger charge is -2.24. The van der Waals surface area contributed by atoms with E-state index in [9.17, 15) is 24.3 Å². The molecule has 1 aromatic rings. The monoisotopic (exact) mass is 484 g/mol. The molecule has 0 aliphatic carbocycles. The van der Waals surface area contributed by atoms with Crippen LogP contribution < -0.4 is 26.4 Å². The van der Waals surface area contributed by atoms with Crippen molar-refractivity contribution in [1.82, 2.24) is 16.0 Å². The Kier molecular flexibility index (Phi) is 11.7. The van der Waals surface area contributed by atoms with E-state index in [1.807, 2.05) is 13.8 Å². The van der Waals surface area contributed by atoms with Gasteiger partial charge in [0.15, 0.2) is 0 Å². The molecule has 1 rings (SSSR count). The minimum absolute atomic E-state index is 0.0611. The first kappa shape index (κ1) is 28.2. The SMILES string of the molecule is CC[C@H](C)[C@H](NC(=O)[C@H](CC(N)=O)NC(=O)c1cc(Cl)ccc1OCCNC(C)C)C(=O)O. The van der Waals surface area contributed by atoms with Crippen molar-refractivity contribution in [2.24, 2.45) is 11.7 Å². The normalized spacial score (nSPS) is 13.6. The van der Waals surface area contributed by atoms with Crippen LogP contribution in [-0.4, -0.2) is 60.1 Å². The van der Waals surface area contributed by atoms with Gasteiger partial charge in [-0.15, -0.1) is 0 Å². The summed E-state index contributed by atoms with van der Waals surface area (Å²) < 4.78 is 5.68. The Hall–Kier alpha value is -2.85. The second-order valence-electron chi connectivity index (χ2n) is 8.00. The highest BCUT2D eigenvalue weighted by atomic mass is 35.5. The quantitative estimate of drug-likeness (QED) is 0.249. The maximum Gasteiger partial charge on any atom is 0.326 e. The van der Waals surface area contributed by atoms with Crippen LogP contribution in [0.4, 0.5) is 0 Å². The minimum Gasteiger partial charge on any atom is -0.491 e. The zero-order valence-electron chi connectivity index (χ0n) is 19.3. The summed E-state index contributed by atoms with van der Waals surface area (Å²) in [5, 5.41) is 17.7. The highest BCUT2D eigenvalue weighted by Gasteiger charge is 2.31. The number of ether oxygens (including phenoxy) is 1. The summed E-state index contributed by atoms with van der Waals surface area (Å²) in [7, 11) is 0. The molecule has 0 radical (unpaired) electrons. The van der Waals surface area contributed by atoms with E-state index in [1.54, 1.807) is 19.9 Å². The largest absolute Gasteiger partial charge is 0.491 e. The number of carbonyl (C=O) groups is 4. The summed E-state index contributed by atoms with van der Waals surface area (Å²) >= 11 is 6.04. The highest BCUT2D eigenvalue weighted by molar-refractivity contribution is 6.31. The van der Waals surface area contributed by atoms with E-state index in [1.165, 1.54) is 12.1 Å². The Labute approximate surface area is 198 Å². The Morgan fingerprint density at radius 3 is 2.36 bits per heavy atom. The molecule has 0 fully saturated rings. The second kappa shape index (κ2) is 13.6. The molecule has 10 nitrogen and oxygen atoms in total. The molecule has 0 aliphatic heterocycles. The maximum absolute atomic E-state index is 13.0. The molecule has 0 saturated heterocycles. The van der Waals surface area contributed by atoms with Crippen molar-refractivity contribution in [3.63, 3.8) is 0 Å². The number of nitrogens with two attached hydrogens (primary N) is 1. The zero-order valence-corrected chi connectivity index (χ0v) is 20.1. The number of rotatable bonds is 14. The van der Waals surface area contributed by atoms with E-state index >= 15 is 0 Å². The Morgan fingerprint density at radius 1 is 1.15 bits per heavy atom. The molecule has 0 bridgehead atoms. The lowest BCUT2D eigenvalue weighted by atomic mass is 9.98. The summed E-state index contributed by atoms with van der Waals surface area (Å²) in [5.74, 6) is -3.75. The first-order valence-electron chi connectivity index (χ1n) is 10.7. The Bertz CT molecular complexity index is 848. The predicted octanol–water partition coefficient (Wildman–Crippen LogP) is 1.31. The molecule has 11 heteroatoms. The number of carbonyl (C=O) groups excluding carboxylic acids is 3. The van der Waals surface area contributed by atoms with Crippen LogP contribution in [0.15, 0.2) is 18.2 Å². The number of hydrogen-bond acceptors (Lipinski definition) is 6. The summed E-state index contributed by atoms with van der Waals surface area (Å²) in [6.07, 6.45) is -0.0154. The van der Waals surface area contributed by atoms with Crippen molar-refractivity contribution in [3.8, 4) is 5.75 Å². The van der Waals surface area contributed by atoms with E-state index in [-0.39, 0.29) is 34.9 Å². The number of nitrogens with one attached hydrogen (secondary N) is 3. The van der Waals surface area contributed by atoms with Crippen LogP contribution >= 0.6 is 11.6 Å². The summed E-state index contributed by atoms with van der Waals surface area (Å²) in [5.41, 5.74) is 5.30. The maximum atomic E-state index is 13.0. The van der Waals surface area contributed by atoms with Crippen LogP contribution in [0.1, 0.15) is 50.9 Å². The number of hydrogen-bond donors (Lipinski definition) is 5. The third-order valence-electron chi connectivity index (χ3n) is 4.90. The molecule has 0 aromatic heterocycles. The van der Waals surface area contributed by atoms with Gasteiger partial charge in [-0.05, 0) is 24.1 Å². The van der Waals surface area contributed by atoms with Crippen molar-refractivity contribution >= 4 is 35.3 Å². The van der Waals surface area contributed by atoms with Gasteiger partial charge in [-0.1, -0.05) is 45.7 Å². The van der Waals surface area contributed by atoms with Gasteiger partial charge in [-0.3, -0.25) is 14.4 Å². The third kappa shape index (κ3) is 9.67. The third-order valence-corrected chi connectivity index (χ3v) is 5.14. The van der Waals surface area contributed by atoms with E-state index in [4.69, 9.17) is 22.1 Å². The fraction of sp³-hybridized carbons (Fsp3) is 0.545. The number of primary amides is 1. The first-order chi connectivity index (χ1) is 15.5. The molecule has 1 aromatic carbocycles. The number of benzene rings is 1. The predicted molar refractivity (Wildman–Crippen MR) is 124 cm³/mol. The molecule has 3 atom stereocenters. The van der Waals surface area contributed by atoms with E-state index in [0.29, 0.717) is 13.0 Å². The molecule has 33 heavy (non-hydrogen) atoms. The molecular formula is C22H33ClN4O6. The van der Waals surface area contributed by atoms with Crippen LogP contribution in [-0.2, 0) is 14.4 Å². The first-order valence-corrected chi connectivity index (χ1v) is 11.1. The van der Waals surface area contributed by atoms with Crippen LogP contribution in [0.3, 0.4) is 0 Å². The van der Waals surface area contributed by atoms with E-state index < -0.39 is 42.2 Å². The van der Waals surface area contributed by atoms with Crippen molar-refractivity contribution in [1.29, 1.82) is 0 Å². The average Bonchev–Trinajstić information content (AvgIpc) is 2.73. The van der Waals surface area contributed by atoms with Crippen LogP contribution in [0.2, 0.25) is 5.02 Å².